The molecule has 1 aliphatic carbocycles. The minimum absolute atomic E-state index is 0.241. The van der Waals surface area contributed by atoms with Gasteiger partial charge in [0.25, 0.3) is 0 Å². The van der Waals surface area contributed by atoms with Crippen LogP contribution in [0.25, 0.3) is 0 Å². The molecule has 0 amide bonds. The summed E-state index contributed by atoms with van der Waals surface area (Å²) in [4.78, 5) is 0. The van der Waals surface area contributed by atoms with Crippen LogP contribution in [0.5, 0.6) is 0 Å². The van der Waals surface area contributed by atoms with Crippen molar-refractivity contribution in [1.29, 1.82) is 0 Å². The van der Waals surface area contributed by atoms with Crippen molar-refractivity contribution in [3.05, 3.63) is 35.9 Å². The highest BCUT2D eigenvalue weighted by molar-refractivity contribution is 5.20. The standard InChI is InChI=1S/C12H16FN/c13-11-8-10(6-7-12(11)14)9-4-2-1-3-5-9/h1-5,10-12H,6-8,14H2/t10-,11+,12+/m0/s1. The van der Waals surface area contributed by atoms with Gasteiger partial charge in [-0.1, -0.05) is 30.3 Å². The number of hydrogen-bond acceptors (Lipinski definition) is 1. The van der Waals surface area contributed by atoms with Gasteiger partial charge >= 0.3 is 0 Å². The van der Waals surface area contributed by atoms with Gasteiger partial charge in [0.2, 0.25) is 0 Å². The van der Waals surface area contributed by atoms with Crippen LogP contribution in [0.1, 0.15) is 30.7 Å². The van der Waals surface area contributed by atoms with Crippen molar-refractivity contribution in [3.63, 3.8) is 0 Å². The van der Waals surface area contributed by atoms with Crippen molar-refractivity contribution in [2.75, 3.05) is 0 Å². The molecular formula is C12H16FN. The molecule has 1 nitrogen and oxygen atoms in total. The number of alkyl halides is 1. The summed E-state index contributed by atoms with van der Waals surface area (Å²) in [6.45, 7) is 0. The van der Waals surface area contributed by atoms with Gasteiger partial charge in [0.1, 0.15) is 6.17 Å². The summed E-state index contributed by atoms with van der Waals surface area (Å²) in [5.74, 6) is 0.367. The fourth-order valence-corrected chi connectivity index (χ4v) is 2.17. The molecule has 0 aromatic heterocycles. The lowest BCUT2D eigenvalue weighted by Crippen LogP contribution is -2.36. The molecule has 0 bridgehead atoms. The molecule has 0 unspecified atom stereocenters. The monoisotopic (exact) mass is 193 g/mol. The minimum atomic E-state index is -0.825. The highest BCUT2D eigenvalue weighted by Gasteiger charge is 2.28. The molecule has 2 heteroatoms. The Bertz CT molecular complexity index is 286. The summed E-state index contributed by atoms with van der Waals surface area (Å²) in [7, 11) is 0. The van der Waals surface area contributed by atoms with E-state index in [4.69, 9.17) is 5.73 Å². The van der Waals surface area contributed by atoms with Crippen LogP contribution in [-0.2, 0) is 0 Å². The largest absolute Gasteiger partial charge is 0.325 e. The van der Waals surface area contributed by atoms with E-state index in [2.05, 4.69) is 12.1 Å². The summed E-state index contributed by atoms with van der Waals surface area (Å²) in [6, 6.07) is 9.93. The molecular weight excluding hydrogens is 177 g/mol. The number of benzene rings is 1. The highest BCUT2D eigenvalue weighted by Crippen LogP contribution is 2.33. The Balaban J connectivity index is 2.07. The molecule has 0 radical (unpaired) electrons. The van der Waals surface area contributed by atoms with Crippen molar-refractivity contribution >= 4 is 0 Å². The third-order valence-corrected chi connectivity index (χ3v) is 3.09. The fourth-order valence-electron chi connectivity index (χ4n) is 2.17. The van der Waals surface area contributed by atoms with Gasteiger partial charge in [-0.3, -0.25) is 0 Å². The average molecular weight is 193 g/mol. The maximum atomic E-state index is 13.4. The maximum Gasteiger partial charge on any atom is 0.116 e. The van der Waals surface area contributed by atoms with Gasteiger partial charge in [-0.25, -0.2) is 4.39 Å². The predicted octanol–water partition coefficient (Wildman–Crippen LogP) is 2.62. The van der Waals surface area contributed by atoms with Crippen LogP contribution in [0.4, 0.5) is 4.39 Å². The molecule has 0 saturated heterocycles. The van der Waals surface area contributed by atoms with E-state index in [9.17, 15) is 4.39 Å². The Morgan fingerprint density at radius 2 is 1.86 bits per heavy atom. The van der Waals surface area contributed by atoms with Crippen molar-refractivity contribution in [1.82, 2.24) is 0 Å². The van der Waals surface area contributed by atoms with Crippen LogP contribution in [-0.4, -0.2) is 12.2 Å². The first kappa shape index (κ1) is 9.66. The quantitative estimate of drug-likeness (QED) is 0.729. The van der Waals surface area contributed by atoms with Gasteiger partial charge in [0.05, 0.1) is 0 Å². The number of rotatable bonds is 1. The topological polar surface area (TPSA) is 26.0 Å². The van der Waals surface area contributed by atoms with Gasteiger partial charge in [0.15, 0.2) is 0 Å². The van der Waals surface area contributed by atoms with E-state index < -0.39 is 6.17 Å². The predicted molar refractivity (Wildman–Crippen MR) is 55.9 cm³/mol. The van der Waals surface area contributed by atoms with Crippen LogP contribution in [0, 0.1) is 0 Å². The normalized spacial score (nSPS) is 32.9. The van der Waals surface area contributed by atoms with Crippen LogP contribution >= 0.6 is 0 Å². The van der Waals surface area contributed by atoms with Gasteiger partial charge in [0, 0.05) is 6.04 Å². The van der Waals surface area contributed by atoms with Crippen molar-refractivity contribution in [3.8, 4) is 0 Å². The molecule has 0 aliphatic heterocycles. The molecule has 76 valence electrons. The summed E-state index contributed by atoms with van der Waals surface area (Å²) >= 11 is 0. The minimum Gasteiger partial charge on any atom is -0.325 e. The SMILES string of the molecule is N[C@@H]1CC[C@H](c2ccccc2)C[C@H]1F. The Labute approximate surface area is 84.1 Å². The van der Waals surface area contributed by atoms with Crippen LogP contribution in [0.15, 0.2) is 30.3 Å². The summed E-state index contributed by atoms with van der Waals surface area (Å²) < 4.78 is 13.4. The molecule has 14 heavy (non-hydrogen) atoms. The molecule has 0 spiro atoms. The first-order valence-corrected chi connectivity index (χ1v) is 5.22. The Morgan fingerprint density at radius 1 is 1.14 bits per heavy atom. The Hall–Kier alpha value is -0.890. The molecule has 2 rings (SSSR count). The molecule has 1 aliphatic rings. The highest BCUT2D eigenvalue weighted by atomic mass is 19.1. The van der Waals surface area contributed by atoms with E-state index in [0.717, 1.165) is 12.8 Å². The summed E-state index contributed by atoms with van der Waals surface area (Å²) in [5, 5.41) is 0. The first-order valence-electron chi connectivity index (χ1n) is 5.22. The second-order valence-corrected chi connectivity index (χ2v) is 4.10. The van der Waals surface area contributed by atoms with Crippen LogP contribution in [0.2, 0.25) is 0 Å². The molecule has 3 atom stereocenters. The molecule has 1 fully saturated rings. The van der Waals surface area contributed by atoms with Crippen molar-refractivity contribution in [2.45, 2.75) is 37.4 Å². The summed E-state index contributed by atoms with van der Waals surface area (Å²) in [6.07, 6.45) is 1.59. The second kappa shape index (κ2) is 4.09. The van der Waals surface area contributed by atoms with E-state index >= 15 is 0 Å². The molecule has 1 aromatic rings. The van der Waals surface area contributed by atoms with E-state index in [1.54, 1.807) is 0 Å². The molecule has 2 N–H and O–H groups in total. The van der Waals surface area contributed by atoms with Gasteiger partial charge in [-0.05, 0) is 30.7 Å². The van der Waals surface area contributed by atoms with Gasteiger partial charge < -0.3 is 5.73 Å². The van der Waals surface area contributed by atoms with Crippen LogP contribution in [0.3, 0.4) is 0 Å². The molecule has 0 heterocycles. The summed E-state index contributed by atoms with van der Waals surface area (Å²) in [5.41, 5.74) is 6.90. The van der Waals surface area contributed by atoms with Gasteiger partial charge in [-0.2, -0.15) is 0 Å². The Morgan fingerprint density at radius 3 is 2.50 bits per heavy atom. The van der Waals surface area contributed by atoms with E-state index in [1.807, 2.05) is 18.2 Å². The lowest BCUT2D eigenvalue weighted by atomic mass is 9.81. The zero-order valence-corrected chi connectivity index (χ0v) is 8.20. The van der Waals surface area contributed by atoms with E-state index in [0.29, 0.717) is 12.3 Å². The molecule has 1 aromatic carbocycles. The fraction of sp³-hybridized carbons (Fsp3) is 0.500. The lowest BCUT2D eigenvalue weighted by molar-refractivity contribution is 0.200. The number of hydrogen-bond donors (Lipinski definition) is 1. The Kier molecular flexibility index (Phi) is 2.82. The van der Waals surface area contributed by atoms with Crippen molar-refractivity contribution in [2.24, 2.45) is 5.73 Å². The second-order valence-electron chi connectivity index (χ2n) is 4.10. The number of nitrogens with two attached hydrogens (primary N) is 1. The average Bonchev–Trinajstić information content (AvgIpc) is 2.23. The van der Waals surface area contributed by atoms with Crippen LogP contribution < -0.4 is 5.73 Å². The zero-order valence-electron chi connectivity index (χ0n) is 8.20. The number of halogens is 1. The maximum absolute atomic E-state index is 13.4. The van der Waals surface area contributed by atoms with Gasteiger partial charge in [-0.15, -0.1) is 0 Å². The zero-order chi connectivity index (χ0) is 9.97. The first-order chi connectivity index (χ1) is 6.77. The van der Waals surface area contributed by atoms with E-state index in [1.165, 1.54) is 5.56 Å². The van der Waals surface area contributed by atoms with E-state index in [-0.39, 0.29) is 6.04 Å². The third-order valence-electron chi connectivity index (χ3n) is 3.09. The lowest BCUT2D eigenvalue weighted by Gasteiger charge is -2.29. The molecule has 1 saturated carbocycles. The van der Waals surface area contributed by atoms with Crippen molar-refractivity contribution < 1.29 is 4.39 Å². The third kappa shape index (κ3) is 1.95. The smallest absolute Gasteiger partial charge is 0.116 e.